The van der Waals surface area contributed by atoms with Crippen LogP contribution in [0, 0.1) is 0 Å². The summed E-state index contributed by atoms with van der Waals surface area (Å²) in [7, 11) is -2.48. The number of hydrogen-bond acceptors (Lipinski definition) is 5. The Labute approximate surface area is 159 Å². The standard InChI is InChI=1S/C19H24N2O5S/c1-13(12-26-3)21-27(24,25)18-11-16(19(22)23)9-10-17(18)20-14(2)15-7-5-4-6-8-15/h4-11,13-14,20-21H,12H2,1-3H3,(H,22,23). The highest BCUT2D eigenvalue weighted by Crippen LogP contribution is 2.27. The normalized spacial score (nSPS) is 13.7. The molecule has 2 unspecified atom stereocenters. The van der Waals surface area contributed by atoms with Crippen LogP contribution >= 0.6 is 0 Å². The Morgan fingerprint density at radius 2 is 1.81 bits per heavy atom. The van der Waals surface area contributed by atoms with Gasteiger partial charge < -0.3 is 15.2 Å². The zero-order valence-corrected chi connectivity index (χ0v) is 16.3. The number of methoxy groups -OCH3 is 1. The van der Waals surface area contributed by atoms with Crippen LogP contribution in [0.4, 0.5) is 5.69 Å². The summed E-state index contributed by atoms with van der Waals surface area (Å²) in [5, 5.41) is 12.4. The molecule has 0 bridgehead atoms. The zero-order valence-electron chi connectivity index (χ0n) is 15.5. The molecule has 0 spiro atoms. The molecule has 0 aromatic heterocycles. The molecule has 8 heteroatoms. The van der Waals surface area contributed by atoms with E-state index in [0.29, 0.717) is 5.69 Å². The number of carboxylic acid groups (broad SMARTS) is 1. The number of ether oxygens (including phenoxy) is 1. The van der Waals surface area contributed by atoms with Crippen LogP contribution in [0.3, 0.4) is 0 Å². The van der Waals surface area contributed by atoms with Gasteiger partial charge in [0.1, 0.15) is 4.90 Å². The highest BCUT2D eigenvalue weighted by molar-refractivity contribution is 7.89. The lowest BCUT2D eigenvalue weighted by Gasteiger charge is -2.20. The highest BCUT2D eigenvalue weighted by Gasteiger charge is 2.23. The van der Waals surface area contributed by atoms with Crippen molar-refractivity contribution in [1.82, 2.24) is 4.72 Å². The molecule has 2 rings (SSSR count). The third-order valence-corrected chi connectivity index (χ3v) is 5.59. The summed E-state index contributed by atoms with van der Waals surface area (Å²) in [5.74, 6) is -1.20. The van der Waals surface area contributed by atoms with E-state index < -0.39 is 22.0 Å². The number of anilines is 1. The molecular formula is C19H24N2O5S. The molecule has 3 N–H and O–H groups in total. The van der Waals surface area contributed by atoms with Crippen LogP contribution < -0.4 is 10.0 Å². The van der Waals surface area contributed by atoms with Crippen molar-refractivity contribution in [2.75, 3.05) is 19.0 Å². The topological polar surface area (TPSA) is 105 Å². The molecule has 0 aliphatic heterocycles. The quantitative estimate of drug-likeness (QED) is 0.606. The number of carboxylic acids is 1. The number of nitrogens with one attached hydrogen (secondary N) is 2. The van der Waals surface area contributed by atoms with Gasteiger partial charge in [0.05, 0.1) is 17.9 Å². The average molecular weight is 392 g/mol. The molecule has 2 aromatic rings. The van der Waals surface area contributed by atoms with Gasteiger partial charge in [-0.2, -0.15) is 0 Å². The van der Waals surface area contributed by atoms with Crippen molar-refractivity contribution in [3.8, 4) is 0 Å². The Morgan fingerprint density at radius 1 is 1.15 bits per heavy atom. The van der Waals surface area contributed by atoms with Crippen molar-refractivity contribution >= 4 is 21.7 Å². The van der Waals surface area contributed by atoms with Gasteiger partial charge in [0.25, 0.3) is 0 Å². The van der Waals surface area contributed by atoms with E-state index in [1.54, 1.807) is 6.92 Å². The number of benzene rings is 2. The Balaban J connectivity index is 2.41. The summed E-state index contributed by atoms with van der Waals surface area (Å²) in [6, 6.07) is 12.9. The Bertz CT molecular complexity index is 884. The van der Waals surface area contributed by atoms with Crippen molar-refractivity contribution in [3.63, 3.8) is 0 Å². The lowest BCUT2D eigenvalue weighted by Crippen LogP contribution is -2.36. The molecular weight excluding hydrogens is 368 g/mol. The van der Waals surface area contributed by atoms with E-state index >= 15 is 0 Å². The zero-order chi connectivity index (χ0) is 20.0. The van der Waals surface area contributed by atoms with E-state index in [1.807, 2.05) is 37.3 Å². The van der Waals surface area contributed by atoms with Gasteiger partial charge in [-0.25, -0.2) is 17.9 Å². The molecule has 2 aromatic carbocycles. The number of carbonyl (C=O) groups is 1. The molecule has 7 nitrogen and oxygen atoms in total. The molecule has 0 fully saturated rings. The summed E-state index contributed by atoms with van der Waals surface area (Å²) in [4.78, 5) is 11.2. The molecule has 0 aliphatic rings. The predicted octanol–water partition coefficient (Wildman–Crippen LogP) is 2.87. The third-order valence-electron chi connectivity index (χ3n) is 3.96. The van der Waals surface area contributed by atoms with E-state index in [0.717, 1.165) is 11.6 Å². The lowest BCUT2D eigenvalue weighted by atomic mass is 10.1. The van der Waals surface area contributed by atoms with Crippen molar-refractivity contribution < 1.29 is 23.1 Å². The number of sulfonamides is 1. The second kappa shape index (κ2) is 8.98. The fourth-order valence-electron chi connectivity index (χ4n) is 2.67. The minimum absolute atomic E-state index is 0.104. The number of hydrogen-bond donors (Lipinski definition) is 3. The number of aromatic carboxylic acids is 1. The summed E-state index contributed by atoms with van der Waals surface area (Å²) in [5.41, 5.74) is 1.20. The highest BCUT2D eigenvalue weighted by atomic mass is 32.2. The van der Waals surface area contributed by atoms with Crippen LogP contribution in [0.5, 0.6) is 0 Å². The van der Waals surface area contributed by atoms with Crippen molar-refractivity contribution in [3.05, 3.63) is 59.7 Å². The van der Waals surface area contributed by atoms with Crippen LogP contribution in [-0.4, -0.2) is 39.3 Å². The first-order chi connectivity index (χ1) is 12.7. The number of rotatable bonds is 9. The molecule has 146 valence electrons. The summed E-state index contributed by atoms with van der Waals surface area (Å²) in [6.07, 6.45) is 0. The maximum atomic E-state index is 12.8. The van der Waals surface area contributed by atoms with E-state index in [9.17, 15) is 18.3 Å². The molecule has 0 radical (unpaired) electrons. The fourth-order valence-corrected chi connectivity index (χ4v) is 4.09. The SMILES string of the molecule is COCC(C)NS(=O)(=O)c1cc(C(=O)O)ccc1NC(C)c1ccccc1. The van der Waals surface area contributed by atoms with Gasteiger partial charge in [-0.1, -0.05) is 30.3 Å². The Kier molecular flexibility index (Phi) is 6.95. The van der Waals surface area contributed by atoms with Crippen LogP contribution in [0.15, 0.2) is 53.4 Å². The van der Waals surface area contributed by atoms with Gasteiger partial charge in [0.15, 0.2) is 0 Å². The molecule has 0 heterocycles. The van der Waals surface area contributed by atoms with Gasteiger partial charge in [0, 0.05) is 19.2 Å². The van der Waals surface area contributed by atoms with E-state index in [-0.39, 0.29) is 23.1 Å². The largest absolute Gasteiger partial charge is 0.478 e. The monoisotopic (exact) mass is 392 g/mol. The molecule has 0 saturated carbocycles. The first kappa shape index (κ1) is 20.9. The first-order valence-corrected chi connectivity index (χ1v) is 9.93. The summed E-state index contributed by atoms with van der Waals surface area (Å²) < 4.78 is 33.1. The van der Waals surface area contributed by atoms with Gasteiger partial charge in [-0.3, -0.25) is 0 Å². The van der Waals surface area contributed by atoms with Gasteiger partial charge >= 0.3 is 5.97 Å². The van der Waals surface area contributed by atoms with Gasteiger partial charge in [-0.15, -0.1) is 0 Å². The average Bonchev–Trinajstić information content (AvgIpc) is 2.62. The fraction of sp³-hybridized carbons (Fsp3) is 0.316. The van der Waals surface area contributed by atoms with Crippen molar-refractivity contribution in [1.29, 1.82) is 0 Å². The van der Waals surface area contributed by atoms with E-state index in [4.69, 9.17) is 4.74 Å². The van der Waals surface area contributed by atoms with E-state index in [2.05, 4.69) is 10.0 Å². The molecule has 0 amide bonds. The molecule has 0 saturated heterocycles. The second-order valence-electron chi connectivity index (χ2n) is 6.27. The summed E-state index contributed by atoms with van der Waals surface area (Å²) in [6.45, 7) is 3.76. The van der Waals surface area contributed by atoms with Crippen LogP contribution in [0.2, 0.25) is 0 Å². The third kappa shape index (κ3) is 5.53. The maximum absolute atomic E-state index is 12.8. The Hall–Kier alpha value is -2.42. The van der Waals surface area contributed by atoms with Gasteiger partial charge in [-0.05, 0) is 37.6 Å². The lowest BCUT2D eigenvalue weighted by molar-refractivity contribution is 0.0696. The van der Waals surface area contributed by atoms with E-state index in [1.165, 1.54) is 19.2 Å². The van der Waals surface area contributed by atoms with Crippen molar-refractivity contribution in [2.45, 2.75) is 30.8 Å². The maximum Gasteiger partial charge on any atom is 0.335 e. The molecule has 0 aliphatic carbocycles. The smallest absolute Gasteiger partial charge is 0.335 e. The van der Waals surface area contributed by atoms with Crippen LogP contribution in [-0.2, 0) is 14.8 Å². The molecule has 2 atom stereocenters. The Morgan fingerprint density at radius 3 is 2.41 bits per heavy atom. The van der Waals surface area contributed by atoms with Crippen LogP contribution in [0.1, 0.15) is 35.8 Å². The first-order valence-electron chi connectivity index (χ1n) is 8.44. The van der Waals surface area contributed by atoms with Crippen LogP contribution in [0.25, 0.3) is 0 Å². The minimum Gasteiger partial charge on any atom is -0.478 e. The van der Waals surface area contributed by atoms with Crippen molar-refractivity contribution in [2.24, 2.45) is 0 Å². The predicted molar refractivity (Wildman–Crippen MR) is 104 cm³/mol. The second-order valence-corrected chi connectivity index (χ2v) is 7.95. The van der Waals surface area contributed by atoms with Gasteiger partial charge in [0.2, 0.25) is 10.0 Å². The molecule has 27 heavy (non-hydrogen) atoms. The summed E-state index contributed by atoms with van der Waals surface area (Å²) >= 11 is 0. The minimum atomic E-state index is -3.95.